The molecule has 0 unspecified atom stereocenters. The van der Waals surface area contributed by atoms with Crippen molar-refractivity contribution in [2.45, 2.75) is 12.8 Å². The van der Waals surface area contributed by atoms with Crippen LogP contribution in [0.4, 0.5) is 0 Å². The Kier molecular flexibility index (Phi) is 7.03. The molecule has 1 aliphatic rings. The average Bonchev–Trinajstić information content (AvgIpc) is 2.61. The van der Waals surface area contributed by atoms with Gasteiger partial charge in [-0.1, -0.05) is 0 Å². The normalized spacial score (nSPS) is 19.2. The van der Waals surface area contributed by atoms with Gasteiger partial charge in [-0.15, -0.1) is 0 Å². The van der Waals surface area contributed by atoms with Crippen LogP contribution in [0.3, 0.4) is 0 Å². The van der Waals surface area contributed by atoms with Crippen molar-refractivity contribution in [2.75, 3.05) is 53.8 Å². The van der Waals surface area contributed by atoms with Crippen molar-refractivity contribution in [3.63, 3.8) is 0 Å². The smallest absolute Gasteiger partial charge is 0.270 e. The zero-order valence-corrected chi connectivity index (χ0v) is 14.0. The lowest BCUT2D eigenvalue weighted by Gasteiger charge is -2.34. The third-order valence-electron chi connectivity index (χ3n) is 2.72. The summed E-state index contributed by atoms with van der Waals surface area (Å²) in [6.07, 6.45) is 1.75. The SMILES string of the molecule is CN(C)P(=O)(N(C)C)N(C)C.O=S1(=O)CCCC1. The fourth-order valence-electron chi connectivity index (χ4n) is 1.82. The Hall–Kier alpha value is 0.0600. The van der Waals surface area contributed by atoms with Gasteiger partial charge >= 0.3 is 0 Å². The van der Waals surface area contributed by atoms with E-state index in [1.165, 1.54) is 0 Å². The molecule has 6 nitrogen and oxygen atoms in total. The van der Waals surface area contributed by atoms with Crippen LogP contribution in [-0.2, 0) is 14.4 Å². The second kappa shape index (κ2) is 7.01. The second-order valence-electron chi connectivity index (χ2n) is 4.91. The van der Waals surface area contributed by atoms with Gasteiger partial charge < -0.3 is 0 Å². The minimum Gasteiger partial charge on any atom is -0.270 e. The summed E-state index contributed by atoms with van der Waals surface area (Å²) < 4.78 is 38.2. The van der Waals surface area contributed by atoms with E-state index in [4.69, 9.17) is 0 Å². The monoisotopic (exact) mass is 299 g/mol. The molecule has 1 saturated heterocycles. The summed E-state index contributed by atoms with van der Waals surface area (Å²) in [5.41, 5.74) is 0. The number of rotatable bonds is 3. The molecule has 0 radical (unpaired) electrons. The summed E-state index contributed by atoms with van der Waals surface area (Å²) >= 11 is 0. The van der Waals surface area contributed by atoms with Crippen LogP contribution in [-0.4, -0.2) is 76.2 Å². The second-order valence-corrected chi connectivity index (χ2v) is 10.6. The summed E-state index contributed by atoms with van der Waals surface area (Å²) in [4.78, 5) is 0. The highest BCUT2D eigenvalue weighted by Crippen LogP contribution is 2.50. The first-order valence-electron chi connectivity index (χ1n) is 5.88. The quantitative estimate of drug-likeness (QED) is 0.724. The number of hydrogen-bond acceptors (Lipinski definition) is 3. The molecule has 110 valence electrons. The molecule has 0 aliphatic carbocycles. The van der Waals surface area contributed by atoms with Crippen molar-refractivity contribution in [3.8, 4) is 0 Å². The van der Waals surface area contributed by atoms with Crippen LogP contribution < -0.4 is 0 Å². The molecule has 0 aromatic rings. The molecular formula is C10H26N3O3PS. The Bertz CT molecular complexity index is 353. The average molecular weight is 299 g/mol. The molecule has 0 N–H and O–H groups in total. The van der Waals surface area contributed by atoms with Crippen LogP contribution >= 0.6 is 7.59 Å². The largest absolute Gasteiger partial charge is 0.285 e. The van der Waals surface area contributed by atoms with Crippen molar-refractivity contribution >= 4 is 17.4 Å². The lowest BCUT2D eigenvalue weighted by Crippen LogP contribution is -2.30. The van der Waals surface area contributed by atoms with Crippen LogP contribution in [0.2, 0.25) is 0 Å². The molecule has 1 heterocycles. The summed E-state index contributed by atoms with van der Waals surface area (Å²) in [5, 5.41) is 0. The molecule has 0 aromatic carbocycles. The number of hydrogen-bond donors (Lipinski definition) is 0. The van der Waals surface area contributed by atoms with E-state index < -0.39 is 17.4 Å². The third-order valence-corrected chi connectivity index (χ3v) is 7.67. The van der Waals surface area contributed by atoms with Crippen molar-refractivity contribution in [1.29, 1.82) is 0 Å². The van der Waals surface area contributed by atoms with Gasteiger partial charge in [0.25, 0.3) is 7.59 Å². The maximum absolute atomic E-state index is 12.1. The van der Waals surface area contributed by atoms with Gasteiger partial charge in [0.1, 0.15) is 9.84 Å². The highest BCUT2D eigenvalue weighted by molar-refractivity contribution is 7.91. The first-order valence-corrected chi connectivity index (χ1v) is 9.26. The van der Waals surface area contributed by atoms with E-state index in [1.807, 2.05) is 42.3 Å². The minimum absolute atomic E-state index is 0.424. The maximum atomic E-state index is 12.1. The topological polar surface area (TPSA) is 60.9 Å². The fourth-order valence-corrected chi connectivity index (χ4v) is 5.46. The summed E-state index contributed by atoms with van der Waals surface area (Å²) in [5.74, 6) is 0.847. The predicted octanol–water partition coefficient (Wildman–Crippen LogP) is 0.974. The fraction of sp³-hybridized carbons (Fsp3) is 1.00. The van der Waals surface area contributed by atoms with Gasteiger partial charge in [-0.25, -0.2) is 22.4 Å². The number of sulfone groups is 1. The predicted molar refractivity (Wildman–Crippen MR) is 76.6 cm³/mol. The van der Waals surface area contributed by atoms with Gasteiger partial charge in [-0.3, -0.25) is 4.57 Å². The Morgan fingerprint density at radius 1 is 0.778 bits per heavy atom. The molecule has 0 saturated carbocycles. The summed E-state index contributed by atoms with van der Waals surface area (Å²) in [7, 11) is 5.94. The van der Waals surface area contributed by atoms with E-state index in [0.717, 1.165) is 12.8 Å². The van der Waals surface area contributed by atoms with Gasteiger partial charge in [0, 0.05) is 0 Å². The molecule has 8 heteroatoms. The molecule has 1 aliphatic heterocycles. The van der Waals surface area contributed by atoms with E-state index in [9.17, 15) is 13.0 Å². The van der Waals surface area contributed by atoms with E-state index >= 15 is 0 Å². The van der Waals surface area contributed by atoms with Crippen molar-refractivity contribution < 1.29 is 13.0 Å². The Morgan fingerprint density at radius 2 is 1.06 bits per heavy atom. The van der Waals surface area contributed by atoms with Crippen LogP contribution in [0.5, 0.6) is 0 Å². The van der Waals surface area contributed by atoms with Gasteiger partial charge in [0.2, 0.25) is 0 Å². The first-order chi connectivity index (χ1) is 8.04. The Balaban J connectivity index is 0.000000351. The highest BCUT2D eigenvalue weighted by atomic mass is 32.2. The molecule has 0 atom stereocenters. The van der Waals surface area contributed by atoms with E-state index in [1.54, 1.807) is 14.0 Å². The highest BCUT2D eigenvalue weighted by Gasteiger charge is 2.30. The van der Waals surface area contributed by atoms with Crippen LogP contribution in [0.15, 0.2) is 0 Å². The van der Waals surface area contributed by atoms with E-state index in [-0.39, 0.29) is 0 Å². The molecule has 0 spiro atoms. The molecule has 18 heavy (non-hydrogen) atoms. The lowest BCUT2D eigenvalue weighted by atomic mass is 10.4. The molecule has 1 fully saturated rings. The standard InChI is InChI=1S/C6H18N3OP.C4H8O2S/c1-7(2)11(10,8(3)4)9(5)6;5-7(6)3-1-2-4-7/h1-6H3;1-4H2. The lowest BCUT2D eigenvalue weighted by molar-refractivity contribution is 0.383. The molecule has 1 rings (SSSR count). The van der Waals surface area contributed by atoms with Crippen molar-refractivity contribution in [1.82, 2.24) is 14.0 Å². The van der Waals surface area contributed by atoms with Crippen molar-refractivity contribution in [2.24, 2.45) is 0 Å². The van der Waals surface area contributed by atoms with Gasteiger partial charge in [0.15, 0.2) is 0 Å². The molecule has 0 bridgehead atoms. The van der Waals surface area contributed by atoms with Crippen molar-refractivity contribution in [3.05, 3.63) is 0 Å². The summed E-state index contributed by atoms with van der Waals surface area (Å²) in [6, 6.07) is 0. The Labute approximate surface area is 111 Å². The van der Waals surface area contributed by atoms with Gasteiger partial charge in [0.05, 0.1) is 11.5 Å². The third kappa shape index (κ3) is 4.97. The molecular weight excluding hydrogens is 273 g/mol. The zero-order chi connectivity index (χ0) is 14.6. The van der Waals surface area contributed by atoms with E-state index in [2.05, 4.69) is 0 Å². The summed E-state index contributed by atoms with van der Waals surface area (Å²) in [6.45, 7) is 0. The van der Waals surface area contributed by atoms with E-state index in [0.29, 0.717) is 11.5 Å². The zero-order valence-electron chi connectivity index (χ0n) is 12.3. The molecule has 0 amide bonds. The molecule has 0 aromatic heterocycles. The Morgan fingerprint density at radius 3 is 1.11 bits per heavy atom. The maximum Gasteiger partial charge on any atom is 0.285 e. The van der Waals surface area contributed by atoms with Gasteiger partial charge in [-0.05, 0) is 55.1 Å². The van der Waals surface area contributed by atoms with Gasteiger partial charge in [-0.2, -0.15) is 0 Å². The minimum atomic E-state index is -2.55. The van der Waals surface area contributed by atoms with Crippen LogP contribution in [0.1, 0.15) is 12.8 Å². The van der Waals surface area contributed by atoms with Crippen LogP contribution in [0, 0.1) is 0 Å². The first kappa shape index (κ1) is 18.1. The number of nitrogens with zero attached hydrogens (tertiary/aromatic N) is 3. The van der Waals surface area contributed by atoms with Crippen LogP contribution in [0.25, 0.3) is 0 Å².